The third-order valence-corrected chi connectivity index (χ3v) is 5.66. The van der Waals surface area contributed by atoms with Gasteiger partial charge >= 0.3 is 0 Å². The first kappa shape index (κ1) is 17.0. The van der Waals surface area contributed by atoms with E-state index in [0.717, 1.165) is 6.42 Å². The molecule has 6 nitrogen and oxygen atoms in total. The highest BCUT2D eigenvalue weighted by atomic mass is 32.2. The average Bonchev–Trinajstić information content (AvgIpc) is 2.68. The molecule has 0 radical (unpaired) electrons. The van der Waals surface area contributed by atoms with Gasteiger partial charge in [0.1, 0.15) is 4.90 Å². The Kier molecular flexibility index (Phi) is 4.15. The summed E-state index contributed by atoms with van der Waals surface area (Å²) in [7, 11) is -3.60. The van der Waals surface area contributed by atoms with Crippen molar-refractivity contribution in [1.82, 2.24) is 9.80 Å². The molecular weight excluding hydrogens is 326 g/mol. The number of fused-ring (bicyclic) bond motifs is 1. The molecule has 0 aromatic heterocycles. The Morgan fingerprint density at radius 3 is 2.50 bits per heavy atom. The van der Waals surface area contributed by atoms with Crippen LogP contribution >= 0.6 is 0 Å². The normalized spacial score (nSPS) is 20.4. The van der Waals surface area contributed by atoms with Crippen LogP contribution in [-0.2, 0) is 14.8 Å². The number of hydrogen-bond acceptors (Lipinski definition) is 4. The van der Waals surface area contributed by atoms with Gasteiger partial charge < -0.3 is 9.80 Å². The zero-order valence-electron chi connectivity index (χ0n) is 14.3. The lowest BCUT2D eigenvalue weighted by molar-refractivity contribution is -0.139. The highest BCUT2D eigenvalue weighted by molar-refractivity contribution is 7.90. The lowest BCUT2D eigenvalue weighted by Crippen LogP contribution is -2.42. The third kappa shape index (κ3) is 3.05. The first-order valence-corrected chi connectivity index (χ1v) is 9.63. The van der Waals surface area contributed by atoms with Gasteiger partial charge in [0.2, 0.25) is 5.91 Å². The monoisotopic (exact) mass is 349 g/mol. The number of benzene rings is 1. The summed E-state index contributed by atoms with van der Waals surface area (Å²) in [5.41, 5.74) is 0.254. The molecule has 0 unspecified atom stereocenters. The second kappa shape index (κ2) is 5.88. The molecule has 0 aliphatic carbocycles. The summed E-state index contributed by atoms with van der Waals surface area (Å²) in [6.07, 6.45) is 0.795. The first-order valence-electron chi connectivity index (χ1n) is 8.19. The van der Waals surface area contributed by atoms with Crippen LogP contribution in [0.15, 0.2) is 33.6 Å². The van der Waals surface area contributed by atoms with Gasteiger partial charge in [0, 0.05) is 37.2 Å². The lowest BCUT2D eigenvalue weighted by atomic mass is 9.94. The topological polar surface area (TPSA) is 70.1 Å². The van der Waals surface area contributed by atoms with Crippen molar-refractivity contribution in [1.29, 1.82) is 0 Å². The van der Waals surface area contributed by atoms with Crippen molar-refractivity contribution in [2.24, 2.45) is 9.81 Å². The summed E-state index contributed by atoms with van der Waals surface area (Å²) >= 11 is 0. The van der Waals surface area contributed by atoms with Crippen molar-refractivity contribution in [2.45, 2.75) is 32.1 Å². The van der Waals surface area contributed by atoms with Crippen molar-refractivity contribution in [3.8, 4) is 0 Å². The molecule has 0 bridgehead atoms. The Balaban J connectivity index is 1.82. The Morgan fingerprint density at radius 1 is 1.08 bits per heavy atom. The molecule has 1 aromatic rings. The van der Waals surface area contributed by atoms with Crippen LogP contribution in [0.2, 0.25) is 0 Å². The molecule has 0 spiro atoms. The van der Waals surface area contributed by atoms with Crippen LogP contribution in [0, 0.1) is 5.41 Å². The maximum atomic E-state index is 12.5. The number of amides is 1. The van der Waals surface area contributed by atoms with Crippen LogP contribution in [0.1, 0.15) is 32.8 Å². The van der Waals surface area contributed by atoms with Gasteiger partial charge in [-0.1, -0.05) is 32.9 Å². The van der Waals surface area contributed by atoms with Gasteiger partial charge in [-0.2, -0.15) is 8.42 Å². The van der Waals surface area contributed by atoms with Gasteiger partial charge in [0.25, 0.3) is 10.0 Å². The predicted molar refractivity (Wildman–Crippen MR) is 92.4 cm³/mol. The lowest BCUT2D eigenvalue weighted by Gasteiger charge is -2.28. The minimum Gasteiger partial charge on any atom is -0.354 e. The summed E-state index contributed by atoms with van der Waals surface area (Å²) in [5, 5.41) is 0. The Hall–Kier alpha value is -1.89. The standard InChI is InChI=1S/C17H23N3O3S/c1-17(2,3)16(21)20-10-6-9-19(11-12-20)15-13-7-4-5-8-14(13)24(22,23)18-15/h4-5,7-8H,6,9-12H2,1-3H3. The summed E-state index contributed by atoms with van der Waals surface area (Å²) in [6.45, 7) is 8.30. The molecule has 0 saturated carbocycles. The SMILES string of the molecule is CC(C)(C)C(=O)N1CCCN(C2=NS(=O)(=O)c3ccccc32)CC1. The summed E-state index contributed by atoms with van der Waals surface area (Å²) in [4.78, 5) is 16.6. The minimum atomic E-state index is -3.60. The molecular formula is C17H23N3O3S. The zero-order valence-corrected chi connectivity index (χ0v) is 15.1. The number of sulfonamides is 1. The largest absolute Gasteiger partial charge is 0.354 e. The van der Waals surface area contributed by atoms with Crippen LogP contribution in [0.4, 0.5) is 0 Å². The van der Waals surface area contributed by atoms with Gasteiger partial charge in [-0.3, -0.25) is 4.79 Å². The summed E-state index contributed by atoms with van der Waals surface area (Å²) in [5.74, 6) is 0.640. The predicted octanol–water partition coefficient (Wildman–Crippen LogP) is 1.72. The van der Waals surface area contributed by atoms with E-state index in [9.17, 15) is 13.2 Å². The molecule has 0 N–H and O–H groups in total. The third-order valence-electron chi connectivity index (χ3n) is 4.34. The van der Waals surface area contributed by atoms with Gasteiger partial charge in [-0.25, -0.2) is 0 Å². The van der Waals surface area contributed by atoms with E-state index in [1.807, 2.05) is 36.6 Å². The van der Waals surface area contributed by atoms with Crippen LogP contribution in [0.3, 0.4) is 0 Å². The highest BCUT2D eigenvalue weighted by Crippen LogP contribution is 2.28. The molecule has 24 heavy (non-hydrogen) atoms. The van der Waals surface area contributed by atoms with Crippen LogP contribution in [0.5, 0.6) is 0 Å². The molecule has 0 atom stereocenters. The number of carbonyl (C=O) groups is 1. The maximum absolute atomic E-state index is 12.5. The number of carbonyl (C=O) groups excluding carboxylic acids is 1. The van der Waals surface area contributed by atoms with Crippen molar-refractivity contribution in [3.63, 3.8) is 0 Å². The molecule has 2 heterocycles. The zero-order chi connectivity index (χ0) is 17.5. The number of amidine groups is 1. The quantitative estimate of drug-likeness (QED) is 0.715. The van der Waals surface area contributed by atoms with Crippen LogP contribution < -0.4 is 0 Å². The smallest absolute Gasteiger partial charge is 0.285 e. The first-order chi connectivity index (χ1) is 11.2. The van der Waals surface area contributed by atoms with E-state index < -0.39 is 15.4 Å². The van der Waals surface area contributed by atoms with Crippen LogP contribution in [-0.4, -0.2) is 56.1 Å². The number of rotatable bonds is 0. The van der Waals surface area contributed by atoms with E-state index in [2.05, 4.69) is 4.40 Å². The molecule has 3 rings (SSSR count). The molecule has 2 aliphatic rings. The molecule has 1 aromatic carbocycles. The van der Waals surface area contributed by atoms with E-state index in [1.165, 1.54) is 0 Å². The van der Waals surface area contributed by atoms with Crippen molar-refractivity contribution < 1.29 is 13.2 Å². The van der Waals surface area contributed by atoms with Gasteiger partial charge in [0.05, 0.1) is 0 Å². The number of nitrogens with zero attached hydrogens (tertiary/aromatic N) is 3. The fraction of sp³-hybridized carbons (Fsp3) is 0.529. The Morgan fingerprint density at radius 2 is 1.79 bits per heavy atom. The fourth-order valence-corrected chi connectivity index (χ4v) is 4.35. The fourth-order valence-electron chi connectivity index (χ4n) is 3.12. The van der Waals surface area contributed by atoms with Gasteiger partial charge in [-0.15, -0.1) is 4.40 Å². The van der Waals surface area contributed by atoms with E-state index in [0.29, 0.717) is 37.6 Å². The molecule has 7 heteroatoms. The molecule has 130 valence electrons. The maximum Gasteiger partial charge on any atom is 0.285 e. The van der Waals surface area contributed by atoms with Crippen LogP contribution in [0.25, 0.3) is 0 Å². The summed E-state index contributed by atoms with van der Waals surface area (Å²) in [6, 6.07) is 6.92. The van der Waals surface area contributed by atoms with Crippen molar-refractivity contribution in [2.75, 3.05) is 26.2 Å². The van der Waals surface area contributed by atoms with Crippen molar-refractivity contribution in [3.05, 3.63) is 29.8 Å². The molecule has 1 fully saturated rings. The summed E-state index contributed by atoms with van der Waals surface area (Å²) < 4.78 is 28.4. The van der Waals surface area contributed by atoms with E-state index in [4.69, 9.17) is 0 Å². The Bertz CT molecular complexity index is 794. The molecule has 2 aliphatic heterocycles. The molecule has 1 saturated heterocycles. The van der Waals surface area contributed by atoms with Gasteiger partial charge in [0.15, 0.2) is 5.84 Å². The second-order valence-electron chi connectivity index (χ2n) is 7.27. The van der Waals surface area contributed by atoms with E-state index in [-0.39, 0.29) is 10.8 Å². The Labute approximate surface area is 143 Å². The molecule has 1 amide bonds. The van der Waals surface area contributed by atoms with E-state index in [1.54, 1.807) is 18.2 Å². The van der Waals surface area contributed by atoms with Gasteiger partial charge in [-0.05, 0) is 18.6 Å². The van der Waals surface area contributed by atoms with E-state index >= 15 is 0 Å². The number of hydrogen-bond donors (Lipinski definition) is 0. The highest BCUT2D eigenvalue weighted by Gasteiger charge is 2.34. The second-order valence-corrected chi connectivity index (χ2v) is 8.84. The minimum absolute atomic E-state index is 0.130. The van der Waals surface area contributed by atoms with Crippen molar-refractivity contribution >= 4 is 21.8 Å². The average molecular weight is 349 g/mol.